The smallest absolute Gasteiger partial charge is 0.268 e. The number of aryl methyl sites for hydroxylation is 2. The van der Waals surface area contributed by atoms with Crippen LogP contribution in [0.4, 0.5) is 22.7 Å². The van der Waals surface area contributed by atoms with Crippen molar-refractivity contribution in [1.29, 1.82) is 0 Å². The van der Waals surface area contributed by atoms with Crippen molar-refractivity contribution < 1.29 is 14.4 Å². The van der Waals surface area contributed by atoms with E-state index in [1.807, 2.05) is 84.6 Å². The van der Waals surface area contributed by atoms with Gasteiger partial charge in [-0.3, -0.25) is 29.3 Å². The van der Waals surface area contributed by atoms with Gasteiger partial charge in [0.05, 0.1) is 22.6 Å². The van der Waals surface area contributed by atoms with Gasteiger partial charge in [-0.2, -0.15) is 5.10 Å². The molecule has 0 saturated heterocycles. The van der Waals surface area contributed by atoms with E-state index in [0.717, 1.165) is 41.4 Å². The van der Waals surface area contributed by atoms with E-state index in [4.69, 9.17) is 0 Å². The molecule has 0 radical (unpaired) electrons. The Balaban J connectivity index is 1.37. The van der Waals surface area contributed by atoms with Crippen molar-refractivity contribution in [3.8, 4) is 0 Å². The van der Waals surface area contributed by atoms with E-state index in [2.05, 4.69) is 29.3 Å². The van der Waals surface area contributed by atoms with E-state index in [1.165, 1.54) is 22.1 Å². The number of carbonyl (C=O) groups is 3. The van der Waals surface area contributed by atoms with Crippen molar-refractivity contribution in [3.63, 3.8) is 0 Å². The van der Waals surface area contributed by atoms with Crippen molar-refractivity contribution in [2.75, 3.05) is 27.8 Å². The first kappa shape index (κ1) is 28.3. The first-order valence-corrected chi connectivity index (χ1v) is 15.3. The Morgan fingerprint density at radius 3 is 2.40 bits per heavy atom. The number of carbonyl (C=O) groups excluding carboxylic acids is 3. The van der Waals surface area contributed by atoms with Crippen molar-refractivity contribution in [2.24, 2.45) is 0 Å². The van der Waals surface area contributed by atoms with Gasteiger partial charge in [0.15, 0.2) is 0 Å². The lowest BCUT2D eigenvalue weighted by Gasteiger charge is -2.29. The lowest BCUT2D eigenvalue weighted by atomic mass is 9.99. The molecule has 0 aliphatic carbocycles. The van der Waals surface area contributed by atoms with E-state index in [9.17, 15) is 14.4 Å². The van der Waals surface area contributed by atoms with Crippen molar-refractivity contribution >= 4 is 57.5 Å². The normalized spacial score (nSPS) is 16.0. The molecule has 0 fully saturated rings. The molecular weight excluding hydrogens is 562 g/mol. The maximum Gasteiger partial charge on any atom is 0.268 e. The molecule has 3 amide bonds. The molecule has 8 nitrogen and oxygen atoms in total. The summed E-state index contributed by atoms with van der Waals surface area (Å²) in [4.78, 5) is 48.2. The standard InChI is InChI=1S/C37H33N5O3/c1-24-20-25(2)27-14-10-11-19-40(34(27)21-24)35(43)23-41-32-17-8-9-18-33(32)42(26-12-4-3-5-13-26)37(45)29(36(41)44)22-31-28-15-6-7-16-30(28)38-39-31/h3-9,12-13,15-18,20-22H,10-11,14,19,23H2,1-2H3,(H,38,39). The highest BCUT2D eigenvalue weighted by Gasteiger charge is 2.38. The average Bonchev–Trinajstić information content (AvgIpc) is 3.29. The van der Waals surface area contributed by atoms with Crippen molar-refractivity contribution in [3.05, 3.63) is 119 Å². The first-order chi connectivity index (χ1) is 21.9. The van der Waals surface area contributed by atoms with Gasteiger partial charge in [-0.1, -0.05) is 54.6 Å². The van der Waals surface area contributed by atoms with Gasteiger partial charge >= 0.3 is 0 Å². The Morgan fingerprint density at radius 2 is 1.58 bits per heavy atom. The molecule has 5 aromatic rings. The van der Waals surface area contributed by atoms with E-state index in [0.29, 0.717) is 29.3 Å². The van der Waals surface area contributed by atoms with Gasteiger partial charge in [-0.05, 0) is 92.3 Å². The van der Waals surface area contributed by atoms with E-state index in [1.54, 1.807) is 11.0 Å². The van der Waals surface area contributed by atoms with Crippen LogP contribution >= 0.6 is 0 Å². The molecule has 45 heavy (non-hydrogen) atoms. The number of para-hydroxylation sites is 4. The minimum absolute atomic E-state index is 0.0805. The first-order valence-electron chi connectivity index (χ1n) is 15.3. The van der Waals surface area contributed by atoms with Gasteiger partial charge < -0.3 is 4.90 Å². The van der Waals surface area contributed by atoms with Crippen LogP contribution in [0.2, 0.25) is 0 Å². The largest absolute Gasteiger partial charge is 0.311 e. The van der Waals surface area contributed by atoms with E-state index in [-0.39, 0.29) is 18.0 Å². The number of fused-ring (bicyclic) bond motifs is 3. The molecule has 4 aromatic carbocycles. The Kier molecular flexibility index (Phi) is 7.25. The van der Waals surface area contributed by atoms with Crippen LogP contribution in [-0.2, 0) is 20.8 Å². The summed E-state index contributed by atoms with van der Waals surface area (Å²) in [6.45, 7) is 4.47. The third-order valence-corrected chi connectivity index (χ3v) is 8.66. The number of anilines is 4. The molecular formula is C37H33N5O3. The third-order valence-electron chi connectivity index (χ3n) is 8.66. The van der Waals surface area contributed by atoms with Crippen LogP contribution in [0.3, 0.4) is 0 Å². The molecule has 0 unspecified atom stereocenters. The van der Waals surface area contributed by atoms with Gasteiger partial charge in [-0.25, -0.2) is 0 Å². The molecule has 1 aromatic heterocycles. The van der Waals surface area contributed by atoms with Crippen LogP contribution in [0.1, 0.15) is 35.2 Å². The number of aromatic amines is 1. The summed E-state index contributed by atoms with van der Waals surface area (Å²) in [6.07, 6.45) is 4.29. The molecule has 0 bridgehead atoms. The maximum atomic E-state index is 14.6. The number of benzene rings is 4. The molecule has 7 rings (SSSR count). The Morgan fingerprint density at radius 1 is 0.844 bits per heavy atom. The molecule has 2 aliphatic heterocycles. The van der Waals surface area contributed by atoms with Crippen LogP contribution in [-0.4, -0.2) is 41.0 Å². The van der Waals surface area contributed by atoms with Gasteiger partial charge in [-0.15, -0.1) is 0 Å². The molecule has 0 saturated carbocycles. The predicted octanol–water partition coefficient (Wildman–Crippen LogP) is 6.64. The molecule has 3 heterocycles. The summed E-state index contributed by atoms with van der Waals surface area (Å²) in [7, 11) is 0. The summed E-state index contributed by atoms with van der Waals surface area (Å²) in [5, 5.41) is 8.20. The number of nitrogens with one attached hydrogen (secondary N) is 1. The molecule has 1 N–H and O–H groups in total. The van der Waals surface area contributed by atoms with Gasteiger partial charge in [0, 0.05) is 23.3 Å². The highest BCUT2D eigenvalue weighted by molar-refractivity contribution is 6.35. The average molecular weight is 596 g/mol. The number of H-pyrrole nitrogens is 1. The predicted molar refractivity (Wildman–Crippen MR) is 178 cm³/mol. The van der Waals surface area contributed by atoms with Crippen molar-refractivity contribution in [2.45, 2.75) is 33.1 Å². The maximum absolute atomic E-state index is 14.6. The molecule has 2 aliphatic rings. The van der Waals surface area contributed by atoms with Crippen LogP contribution in [0.25, 0.3) is 17.0 Å². The highest BCUT2D eigenvalue weighted by Crippen LogP contribution is 2.40. The zero-order valence-corrected chi connectivity index (χ0v) is 25.3. The van der Waals surface area contributed by atoms with Gasteiger partial charge in [0.2, 0.25) is 5.91 Å². The van der Waals surface area contributed by atoms with Crippen LogP contribution in [0, 0.1) is 13.8 Å². The molecule has 0 atom stereocenters. The summed E-state index contributed by atoms with van der Waals surface area (Å²) in [5.41, 5.74) is 7.13. The fourth-order valence-corrected chi connectivity index (χ4v) is 6.52. The summed E-state index contributed by atoms with van der Waals surface area (Å²) in [5.74, 6) is -1.25. The zero-order chi connectivity index (χ0) is 31.1. The lowest BCUT2D eigenvalue weighted by Crippen LogP contribution is -2.44. The second-order valence-electron chi connectivity index (χ2n) is 11.7. The van der Waals surface area contributed by atoms with Crippen LogP contribution in [0.15, 0.2) is 96.6 Å². The number of rotatable bonds is 4. The second kappa shape index (κ2) is 11.5. The van der Waals surface area contributed by atoms with Crippen molar-refractivity contribution in [1.82, 2.24) is 10.2 Å². The molecule has 8 heteroatoms. The summed E-state index contributed by atoms with van der Waals surface area (Å²) < 4.78 is 0. The quantitative estimate of drug-likeness (QED) is 0.186. The number of aromatic nitrogens is 2. The number of nitrogens with zero attached hydrogens (tertiary/aromatic N) is 4. The third kappa shape index (κ3) is 5.08. The highest BCUT2D eigenvalue weighted by atomic mass is 16.2. The lowest BCUT2D eigenvalue weighted by molar-refractivity contribution is -0.123. The fraction of sp³-hybridized carbons (Fsp3) is 0.189. The monoisotopic (exact) mass is 595 g/mol. The van der Waals surface area contributed by atoms with Crippen LogP contribution < -0.4 is 14.7 Å². The Labute approximate surface area is 261 Å². The summed E-state index contributed by atoms with van der Waals surface area (Å²) in [6, 6.07) is 28.3. The Bertz CT molecular complexity index is 1990. The fourth-order valence-electron chi connectivity index (χ4n) is 6.52. The van der Waals surface area contributed by atoms with Crippen LogP contribution in [0.5, 0.6) is 0 Å². The number of amides is 3. The number of hydrogen-bond acceptors (Lipinski definition) is 4. The van der Waals surface area contributed by atoms with Gasteiger partial charge in [0.1, 0.15) is 12.1 Å². The minimum atomic E-state index is -0.554. The topological polar surface area (TPSA) is 89.6 Å². The molecule has 0 spiro atoms. The Hall–Kier alpha value is -5.50. The summed E-state index contributed by atoms with van der Waals surface area (Å²) >= 11 is 0. The number of hydrogen-bond donors (Lipinski definition) is 1. The molecule has 224 valence electrons. The van der Waals surface area contributed by atoms with E-state index < -0.39 is 11.8 Å². The SMILES string of the molecule is Cc1cc(C)c2c(c1)N(C(=O)CN1C(=O)C(=Cc3n[nH]c4ccccc34)C(=O)N(c3ccccc3)c3ccccc31)CCCC2. The second-order valence-corrected chi connectivity index (χ2v) is 11.7. The zero-order valence-electron chi connectivity index (χ0n) is 25.3. The van der Waals surface area contributed by atoms with Gasteiger partial charge in [0.25, 0.3) is 11.8 Å². The minimum Gasteiger partial charge on any atom is -0.311 e. The van der Waals surface area contributed by atoms with E-state index >= 15 is 0 Å².